The number of allylic oxidation sites excluding steroid dienone is 2. The van der Waals surface area contributed by atoms with Crippen LogP contribution in [0.3, 0.4) is 0 Å². The minimum atomic E-state index is -0.190. The quantitative estimate of drug-likeness (QED) is 0.823. The highest BCUT2D eigenvalue weighted by Crippen LogP contribution is 2.28. The zero-order valence-corrected chi connectivity index (χ0v) is 13.6. The average molecular weight is 341 g/mol. The van der Waals surface area contributed by atoms with Crippen molar-refractivity contribution in [3.63, 3.8) is 0 Å². The van der Waals surface area contributed by atoms with Gasteiger partial charge in [-0.25, -0.2) is 4.99 Å². The Morgan fingerprint density at radius 3 is 2.39 bits per heavy atom. The minimum absolute atomic E-state index is 0.190. The van der Waals surface area contributed by atoms with Crippen LogP contribution in [0.5, 0.6) is 0 Å². The molecule has 1 heterocycles. The number of hydrogen-bond donors (Lipinski definition) is 1. The van der Waals surface area contributed by atoms with Crippen LogP contribution in [0.4, 0.5) is 5.69 Å². The van der Waals surface area contributed by atoms with Gasteiger partial charge in [-0.15, -0.1) is 0 Å². The Labute approximate surface area is 143 Å². The second-order valence-corrected chi connectivity index (χ2v) is 6.22. The van der Waals surface area contributed by atoms with Crippen molar-refractivity contribution in [2.24, 2.45) is 4.99 Å². The Balaban J connectivity index is 1.77. The van der Waals surface area contributed by atoms with E-state index in [0.717, 1.165) is 11.3 Å². The summed E-state index contributed by atoms with van der Waals surface area (Å²) in [6.45, 7) is 0. The third-order valence-electron chi connectivity index (χ3n) is 3.01. The molecule has 1 fully saturated rings. The number of hydrogen-bond acceptors (Lipinski definition) is 3. The molecule has 3 nitrogen and oxygen atoms in total. The highest BCUT2D eigenvalue weighted by molar-refractivity contribution is 8.18. The van der Waals surface area contributed by atoms with E-state index in [0.29, 0.717) is 15.1 Å². The van der Waals surface area contributed by atoms with E-state index in [-0.39, 0.29) is 5.91 Å². The average Bonchev–Trinajstić information content (AvgIpc) is 2.88. The first kappa shape index (κ1) is 15.6. The number of nitrogens with zero attached hydrogens (tertiary/aromatic N) is 1. The third-order valence-corrected chi connectivity index (χ3v) is 4.14. The van der Waals surface area contributed by atoms with Crippen molar-refractivity contribution in [2.75, 3.05) is 0 Å². The molecular weight excluding hydrogens is 328 g/mol. The van der Waals surface area contributed by atoms with E-state index in [4.69, 9.17) is 11.6 Å². The molecule has 0 spiro atoms. The molecule has 0 saturated carbocycles. The van der Waals surface area contributed by atoms with Gasteiger partial charge in [-0.1, -0.05) is 60.1 Å². The van der Waals surface area contributed by atoms with E-state index < -0.39 is 0 Å². The van der Waals surface area contributed by atoms with Gasteiger partial charge in [0.1, 0.15) is 0 Å². The lowest BCUT2D eigenvalue weighted by Crippen LogP contribution is -2.19. The highest BCUT2D eigenvalue weighted by atomic mass is 35.5. The molecule has 0 bridgehead atoms. The van der Waals surface area contributed by atoms with Crippen LogP contribution in [0, 0.1) is 0 Å². The van der Waals surface area contributed by atoms with Gasteiger partial charge in [0.25, 0.3) is 5.91 Å². The number of amidine groups is 1. The fourth-order valence-corrected chi connectivity index (χ4v) is 3.11. The van der Waals surface area contributed by atoms with Crippen LogP contribution in [0.25, 0.3) is 6.08 Å². The summed E-state index contributed by atoms with van der Waals surface area (Å²) in [6.07, 6.45) is 3.47. The van der Waals surface area contributed by atoms with Gasteiger partial charge in [0.05, 0.1) is 10.6 Å². The summed E-state index contributed by atoms with van der Waals surface area (Å²) in [5.74, 6) is -0.190. The number of para-hydroxylation sites is 1. The Morgan fingerprint density at radius 2 is 1.70 bits per heavy atom. The van der Waals surface area contributed by atoms with Gasteiger partial charge >= 0.3 is 0 Å². The SMILES string of the molecule is O=C1NC(=Nc2ccccc2)SC1=CC(Cl)=Cc1ccccc1. The highest BCUT2D eigenvalue weighted by Gasteiger charge is 2.23. The summed E-state index contributed by atoms with van der Waals surface area (Å²) >= 11 is 7.50. The van der Waals surface area contributed by atoms with E-state index in [1.165, 1.54) is 11.8 Å². The molecular formula is C18H13ClN2OS. The number of thioether (sulfide) groups is 1. The molecule has 2 aromatic rings. The van der Waals surface area contributed by atoms with Crippen LogP contribution in [0.2, 0.25) is 0 Å². The van der Waals surface area contributed by atoms with Crippen molar-refractivity contribution in [2.45, 2.75) is 0 Å². The number of carbonyl (C=O) groups excluding carboxylic acids is 1. The van der Waals surface area contributed by atoms with Crippen molar-refractivity contribution in [1.82, 2.24) is 5.32 Å². The lowest BCUT2D eigenvalue weighted by atomic mass is 10.2. The molecule has 1 aliphatic rings. The van der Waals surface area contributed by atoms with E-state index >= 15 is 0 Å². The molecule has 1 amide bonds. The van der Waals surface area contributed by atoms with Crippen molar-refractivity contribution in [3.8, 4) is 0 Å². The molecule has 2 aromatic carbocycles. The third kappa shape index (κ3) is 4.34. The van der Waals surface area contributed by atoms with Crippen molar-refractivity contribution in [1.29, 1.82) is 0 Å². The van der Waals surface area contributed by atoms with Gasteiger partial charge in [0, 0.05) is 5.03 Å². The van der Waals surface area contributed by atoms with Gasteiger partial charge < -0.3 is 5.32 Å². The summed E-state index contributed by atoms with van der Waals surface area (Å²) in [4.78, 5) is 16.9. The monoisotopic (exact) mass is 340 g/mol. The molecule has 0 radical (unpaired) electrons. The van der Waals surface area contributed by atoms with E-state index in [9.17, 15) is 4.79 Å². The molecule has 0 aliphatic carbocycles. The molecule has 1 N–H and O–H groups in total. The first-order valence-corrected chi connectivity index (χ1v) is 8.17. The van der Waals surface area contributed by atoms with Gasteiger partial charge in [-0.2, -0.15) is 0 Å². The standard InChI is InChI=1S/C18H13ClN2OS/c19-14(11-13-7-3-1-4-8-13)12-16-17(22)21-18(23-16)20-15-9-5-2-6-10-15/h1-12H,(H,20,21,22). The summed E-state index contributed by atoms with van der Waals surface area (Å²) in [7, 11) is 0. The zero-order chi connectivity index (χ0) is 16.1. The maximum absolute atomic E-state index is 12.0. The molecule has 5 heteroatoms. The molecule has 0 atom stereocenters. The first-order valence-electron chi connectivity index (χ1n) is 6.97. The maximum Gasteiger partial charge on any atom is 0.264 e. The smallest absolute Gasteiger partial charge is 0.264 e. The second-order valence-electron chi connectivity index (χ2n) is 4.76. The van der Waals surface area contributed by atoms with Gasteiger partial charge in [-0.05, 0) is 41.6 Å². The molecule has 1 saturated heterocycles. The van der Waals surface area contributed by atoms with E-state index in [2.05, 4.69) is 10.3 Å². The second kappa shape index (κ2) is 7.31. The van der Waals surface area contributed by atoms with E-state index in [1.54, 1.807) is 6.08 Å². The van der Waals surface area contributed by atoms with Gasteiger partial charge in [0.15, 0.2) is 5.17 Å². The van der Waals surface area contributed by atoms with Crippen molar-refractivity contribution < 1.29 is 4.79 Å². The summed E-state index contributed by atoms with van der Waals surface area (Å²) in [5, 5.41) is 3.79. The fraction of sp³-hybridized carbons (Fsp3) is 0. The Hall–Kier alpha value is -2.30. The van der Waals surface area contributed by atoms with E-state index in [1.807, 2.05) is 66.7 Å². The van der Waals surface area contributed by atoms with Crippen LogP contribution in [0.1, 0.15) is 5.56 Å². The predicted octanol–water partition coefficient (Wildman–Crippen LogP) is 4.70. The lowest BCUT2D eigenvalue weighted by Gasteiger charge is -1.95. The summed E-state index contributed by atoms with van der Waals surface area (Å²) < 4.78 is 0. The van der Waals surface area contributed by atoms with Crippen LogP contribution < -0.4 is 5.32 Å². The van der Waals surface area contributed by atoms with Crippen molar-refractivity contribution in [3.05, 3.63) is 82.2 Å². The number of nitrogens with one attached hydrogen (secondary N) is 1. The van der Waals surface area contributed by atoms with Gasteiger partial charge in [0.2, 0.25) is 0 Å². The van der Waals surface area contributed by atoms with Crippen molar-refractivity contribution >= 4 is 46.2 Å². The minimum Gasteiger partial charge on any atom is -0.300 e. The fourth-order valence-electron chi connectivity index (χ4n) is 1.98. The number of rotatable bonds is 3. The number of benzene rings is 2. The Bertz CT molecular complexity index is 798. The number of carbonyl (C=O) groups is 1. The first-order chi connectivity index (χ1) is 11.2. The normalized spacial score (nSPS) is 18.5. The number of aliphatic imine (C=N–C) groups is 1. The molecule has 114 valence electrons. The topological polar surface area (TPSA) is 41.5 Å². The zero-order valence-electron chi connectivity index (χ0n) is 12.1. The van der Waals surface area contributed by atoms with Crippen LogP contribution in [-0.2, 0) is 4.79 Å². The lowest BCUT2D eigenvalue weighted by molar-refractivity contribution is -0.115. The number of amides is 1. The predicted molar refractivity (Wildman–Crippen MR) is 97.6 cm³/mol. The van der Waals surface area contributed by atoms with Crippen LogP contribution in [0.15, 0.2) is 81.7 Å². The van der Waals surface area contributed by atoms with Gasteiger partial charge in [-0.3, -0.25) is 4.79 Å². The van der Waals surface area contributed by atoms with Crippen LogP contribution in [-0.4, -0.2) is 11.1 Å². The molecule has 1 aliphatic heterocycles. The maximum atomic E-state index is 12.0. The summed E-state index contributed by atoms with van der Waals surface area (Å²) in [5.41, 5.74) is 1.78. The molecule has 3 rings (SSSR count). The molecule has 0 unspecified atom stereocenters. The Morgan fingerprint density at radius 1 is 1.04 bits per heavy atom. The Kier molecular flexibility index (Phi) is 4.95. The largest absolute Gasteiger partial charge is 0.300 e. The number of halogens is 1. The summed E-state index contributed by atoms with van der Waals surface area (Å²) in [6, 6.07) is 19.2. The molecule has 23 heavy (non-hydrogen) atoms. The molecule has 0 aromatic heterocycles. The van der Waals surface area contributed by atoms with Crippen LogP contribution >= 0.6 is 23.4 Å².